The van der Waals surface area contributed by atoms with Crippen LogP contribution in [0.4, 0.5) is 0 Å². The van der Waals surface area contributed by atoms with Crippen LogP contribution in [0, 0.1) is 12.8 Å². The molecule has 1 heterocycles. The molecule has 0 bridgehead atoms. The second kappa shape index (κ2) is 5.80. The Morgan fingerprint density at radius 1 is 1.29 bits per heavy atom. The molecule has 1 saturated carbocycles. The summed E-state index contributed by atoms with van der Waals surface area (Å²) < 4.78 is 0. The first kappa shape index (κ1) is 14.6. The Bertz CT molecular complexity index is 528. The number of benzene rings is 1. The van der Waals surface area contributed by atoms with Gasteiger partial charge in [0.2, 0.25) is 0 Å². The van der Waals surface area contributed by atoms with E-state index < -0.39 is 5.97 Å². The van der Waals surface area contributed by atoms with Crippen LogP contribution in [0.1, 0.15) is 56.2 Å². The Labute approximate surface area is 127 Å². The molecule has 1 aliphatic heterocycles. The van der Waals surface area contributed by atoms with Crippen molar-refractivity contribution in [3.63, 3.8) is 0 Å². The second-order valence-electron chi connectivity index (χ2n) is 6.68. The fourth-order valence-corrected chi connectivity index (χ4v) is 4.50. The first-order valence-corrected chi connectivity index (χ1v) is 8.15. The molecule has 2 fully saturated rings. The number of hydrogen-bond acceptors (Lipinski definition) is 2. The average Bonchev–Trinajstić information content (AvgIpc) is 2.86. The third-order valence-corrected chi connectivity index (χ3v) is 5.51. The van der Waals surface area contributed by atoms with Crippen LogP contribution in [0.15, 0.2) is 24.3 Å². The summed E-state index contributed by atoms with van der Waals surface area (Å²) in [5, 5.41) is 9.65. The van der Waals surface area contributed by atoms with E-state index in [2.05, 4.69) is 36.9 Å². The molecule has 3 rings (SSSR count). The van der Waals surface area contributed by atoms with Gasteiger partial charge in [0.05, 0.1) is 0 Å². The van der Waals surface area contributed by atoms with Crippen molar-refractivity contribution in [1.82, 2.24) is 4.90 Å². The molecular weight excluding hydrogens is 262 g/mol. The molecule has 0 amide bonds. The summed E-state index contributed by atoms with van der Waals surface area (Å²) in [6, 6.07) is 8.70. The molecule has 1 aromatic rings. The van der Waals surface area contributed by atoms with Crippen molar-refractivity contribution in [2.24, 2.45) is 5.92 Å². The Morgan fingerprint density at radius 3 is 2.71 bits per heavy atom. The van der Waals surface area contributed by atoms with Crippen molar-refractivity contribution in [2.75, 3.05) is 0 Å². The molecule has 0 spiro atoms. The Morgan fingerprint density at radius 2 is 2.00 bits per heavy atom. The van der Waals surface area contributed by atoms with Gasteiger partial charge in [0.15, 0.2) is 0 Å². The zero-order valence-electron chi connectivity index (χ0n) is 13.0. The fraction of sp³-hybridized carbons (Fsp3) is 0.611. The van der Waals surface area contributed by atoms with Crippen molar-refractivity contribution in [3.05, 3.63) is 35.4 Å². The van der Waals surface area contributed by atoms with Gasteiger partial charge >= 0.3 is 5.97 Å². The number of rotatable bonds is 3. The van der Waals surface area contributed by atoms with Gasteiger partial charge < -0.3 is 5.11 Å². The molecular formula is C18H25NO2. The van der Waals surface area contributed by atoms with Gasteiger partial charge in [0.25, 0.3) is 0 Å². The summed E-state index contributed by atoms with van der Waals surface area (Å²) in [7, 11) is 0. The summed E-state index contributed by atoms with van der Waals surface area (Å²) in [4.78, 5) is 14.0. The standard InChI is InChI=1S/C18H25NO2/c1-12-7-3-5-9-15(12)13(2)19-16-10-6-4-8-14(16)11-17(19)18(20)21/h3,5,7,9,13-14,16-17H,4,6,8,10-11H2,1-2H3,(H,20,21)/t13-,14?,16+,17?/m1/s1. The molecule has 2 aliphatic rings. The lowest BCUT2D eigenvalue weighted by atomic mass is 9.84. The molecule has 1 aromatic carbocycles. The second-order valence-corrected chi connectivity index (χ2v) is 6.68. The van der Waals surface area contributed by atoms with E-state index in [0.29, 0.717) is 12.0 Å². The van der Waals surface area contributed by atoms with Crippen LogP contribution >= 0.6 is 0 Å². The number of carboxylic acid groups (broad SMARTS) is 1. The van der Waals surface area contributed by atoms with Gasteiger partial charge in [-0.3, -0.25) is 9.69 Å². The molecule has 1 saturated heterocycles. The minimum atomic E-state index is -0.648. The predicted molar refractivity (Wildman–Crippen MR) is 83.2 cm³/mol. The predicted octanol–water partition coefficient (Wildman–Crippen LogP) is 3.77. The lowest BCUT2D eigenvalue weighted by Gasteiger charge is -2.37. The number of carbonyl (C=O) groups is 1. The summed E-state index contributed by atoms with van der Waals surface area (Å²) in [6.45, 7) is 4.30. The van der Waals surface area contributed by atoms with E-state index in [1.54, 1.807) is 0 Å². The summed E-state index contributed by atoms with van der Waals surface area (Å²) in [6.07, 6.45) is 5.69. The first-order chi connectivity index (χ1) is 10.1. The van der Waals surface area contributed by atoms with Crippen molar-refractivity contribution in [1.29, 1.82) is 0 Å². The van der Waals surface area contributed by atoms with Gasteiger partial charge in [-0.2, -0.15) is 0 Å². The normalized spacial score (nSPS) is 30.9. The zero-order chi connectivity index (χ0) is 15.0. The highest BCUT2D eigenvalue weighted by Gasteiger charge is 2.47. The van der Waals surface area contributed by atoms with E-state index in [-0.39, 0.29) is 12.1 Å². The molecule has 2 unspecified atom stereocenters. The third kappa shape index (κ3) is 2.59. The fourth-order valence-electron chi connectivity index (χ4n) is 4.50. The van der Waals surface area contributed by atoms with E-state index in [1.165, 1.54) is 30.4 Å². The topological polar surface area (TPSA) is 40.5 Å². The maximum atomic E-state index is 11.7. The van der Waals surface area contributed by atoms with Crippen LogP contribution in [-0.4, -0.2) is 28.1 Å². The summed E-state index contributed by atoms with van der Waals surface area (Å²) in [5.74, 6) is -0.0730. The highest BCUT2D eigenvalue weighted by Crippen LogP contribution is 2.44. The smallest absolute Gasteiger partial charge is 0.320 e. The number of fused-ring (bicyclic) bond motifs is 1. The van der Waals surface area contributed by atoms with Crippen LogP contribution in [0.25, 0.3) is 0 Å². The van der Waals surface area contributed by atoms with Crippen LogP contribution in [0.3, 0.4) is 0 Å². The van der Waals surface area contributed by atoms with Gasteiger partial charge in [-0.1, -0.05) is 37.1 Å². The molecule has 0 radical (unpaired) electrons. The minimum absolute atomic E-state index is 0.181. The third-order valence-electron chi connectivity index (χ3n) is 5.51. The van der Waals surface area contributed by atoms with Crippen molar-refractivity contribution < 1.29 is 9.90 Å². The van der Waals surface area contributed by atoms with E-state index in [4.69, 9.17) is 0 Å². The van der Waals surface area contributed by atoms with E-state index >= 15 is 0 Å². The van der Waals surface area contributed by atoms with Gasteiger partial charge in [0.1, 0.15) is 6.04 Å². The number of hydrogen-bond donors (Lipinski definition) is 1. The quantitative estimate of drug-likeness (QED) is 0.920. The minimum Gasteiger partial charge on any atom is -0.480 e. The summed E-state index contributed by atoms with van der Waals surface area (Å²) >= 11 is 0. The van der Waals surface area contributed by atoms with Gasteiger partial charge in [-0.05, 0) is 50.2 Å². The highest BCUT2D eigenvalue weighted by molar-refractivity contribution is 5.74. The van der Waals surface area contributed by atoms with Gasteiger partial charge in [-0.25, -0.2) is 0 Å². The molecule has 4 atom stereocenters. The molecule has 114 valence electrons. The van der Waals surface area contributed by atoms with Crippen LogP contribution in [0.5, 0.6) is 0 Å². The lowest BCUT2D eigenvalue weighted by Crippen LogP contribution is -2.43. The largest absolute Gasteiger partial charge is 0.480 e. The highest BCUT2D eigenvalue weighted by atomic mass is 16.4. The Kier molecular flexibility index (Phi) is 4.03. The maximum Gasteiger partial charge on any atom is 0.320 e. The number of carboxylic acids is 1. The molecule has 3 heteroatoms. The molecule has 21 heavy (non-hydrogen) atoms. The number of likely N-dealkylation sites (tertiary alicyclic amines) is 1. The monoisotopic (exact) mass is 287 g/mol. The molecule has 3 nitrogen and oxygen atoms in total. The molecule has 1 aliphatic carbocycles. The van der Waals surface area contributed by atoms with Gasteiger partial charge in [-0.15, -0.1) is 0 Å². The summed E-state index contributed by atoms with van der Waals surface area (Å²) in [5.41, 5.74) is 2.53. The van der Waals surface area contributed by atoms with Gasteiger partial charge in [0, 0.05) is 12.1 Å². The Hall–Kier alpha value is -1.35. The first-order valence-electron chi connectivity index (χ1n) is 8.15. The van der Waals surface area contributed by atoms with E-state index in [1.807, 2.05) is 6.07 Å². The van der Waals surface area contributed by atoms with Crippen LogP contribution in [0.2, 0.25) is 0 Å². The number of nitrogens with zero attached hydrogens (tertiary/aromatic N) is 1. The number of aliphatic carboxylic acids is 1. The average molecular weight is 287 g/mol. The van der Waals surface area contributed by atoms with E-state index in [9.17, 15) is 9.90 Å². The SMILES string of the molecule is Cc1ccccc1[C@@H](C)N1C(C(=O)O)CC2CCCC[C@@H]21. The Balaban J connectivity index is 1.93. The van der Waals surface area contributed by atoms with Crippen molar-refractivity contribution >= 4 is 5.97 Å². The van der Waals surface area contributed by atoms with Crippen molar-refractivity contribution in [3.8, 4) is 0 Å². The molecule has 0 aromatic heterocycles. The van der Waals surface area contributed by atoms with Crippen LogP contribution in [-0.2, 0) is 4.79 Å². The lowest BCUT2D eigenvalue weighted by molar-refractivity contribution is -0.143. The van der Waals surface area contributed by atoms with Crippen molar-refractivity contribution in [2.45, 2.75) is 64.1 Å². The maximum absolute atomic E-state index is 11.7. The number of aryl methyl sites for hydroxylation is 1. The zero-order valence-corrected chi connectivity index (χ0v) is 13.0. The van der Waals surface area contributed by atoms with Crippen LogP contribution < -0.4 is 0 Å². The van der Waals surface area contributed by atoms with E-state index in [0.717, 1.165) is 12.8 Å². The molecule has 1 N–H and O–H groups in total.